The largest absolute Gasteiger partial charge is 0.328 e. The molecule has 0 saturated carbocycles. The molecule has 1 amide bonds. The number of amides is 1. The van der Waals surface area contributed by atoms with Crippen molar-refractivity contribution in [3.63, 3.8) is 0 Å². The predicted octanol–water partition coefficient (Wildman–Crippen LogP) is 2.72. The maximum Gasteiger partial charge on any atom is 0.211 e. The minimum Gasteiger partial charge on any atom is -0.328 e. The highest BCUT2D eigenvalue weighted by Crippen LogP contribution is 2.25. The Hall–Kier alpha value is -1.83. The fourth-order valence-electron chi connectivity index (χ4n) is 1.66. The highest BCUT2D eigenvalue weighted by Gasteiger charge is 2.00. The summed E-state index contributed by atoms with van der Waals surface area (Å²) in [6.07, 6.45) is 0.705. The van der Waals surface area contributed by atoms with Gasteiger partial charge in [-0.05, 0) is 23.9 Å². The molecule has 14 heavy (non-hydrogen) atoms. The quantitative estimate of drug-likeness (QED) is 0.716. The highest BCUT2D eigenvalue weighted by atomic mass is 16.1. The monoisotopic (exact) mass is 185 g/mol. The van der Waals surface area contributed by atoms with Gasteiger partial charge in [-0.1, -0.05) is 30.3 Å². The zero-order valence-electron chi connectivity index (χ0n) is 7.95. The van der Waals surface area contributed by atoms with Crippen LogP contribution in [0.15, 0.2) is 36.4 Å². The summed E-state index contributed by atoms with van der Waals surface area (Å²) in [5, 5.41) is 4.96. The molecular weight excluding hydrogens is 174 g/mol. The number of rotatable bonds is 2. The normalized spacial score (nSPS) is 10.1. The Balaban J connectivity index is 2.74. The molecule has 2 rings (SSSR count). The molecule has 0 unspecified atom stereocenters. The first-order valence-corrected chi connectivity index (χ1v) is 4.51. The van der Waals surface area contributed by atoms with Crippen molar-refractivity contribution in [2.24, 2.45) is 0 Å². The summed E-state index contributed by atoms with van der Waals surface area (Å²) in [6.45, 7) is 2.06. The lowest BCUT2D eigenvalue weighted by Crippen LogP contribution is -1.94. The summed E-state index contributed by atoms with van der Waals surface area (Å²) in [5.74, 6) is 0. The van der Waals surface area contributed by atoms with Crippen molar-refractivity contribution in [2.75, 3.05) is 5.32 Å². The van der Waals surface area contributed by atoms with E-state index in [2.05, 4.69) is 24.4 Å². The number of carbonyl (C=O) groups excluding carboxylic acids is 1. The van der Waals surface area contributed by atoms with Gasteiger partial charge in [0.05, 0.1) is 0 Å². The molecule has 0 aliphatic rings. The second kappa shape index (κ2) is 3.50. The van der Waals surface area contributed by atoms with Crippen LogP contribution in [0.25, 0.3) is 10.8 Å². The van der Waals surface area contributed by atoms with Crippen LogP contribution in [0.3, 0.4) is 0 Å². The number of nitrogens with one attached hydrogen (secondary N) is 1. The van der Waals surface area contributed by atoms with E-state index in [9.17, 15) is 4.79 Å². The smallest absolute Gasteiger partial charge is 0.211 e. The third-order valence-corrected chi connectivity index (χ3v) is 2.35. The molecule has 0 bridgehead atoms. The van der Waals surface area contributed by atoms with E-state index in [1.165, 1.54) is 10.9 Å². The van der Waals surface area contributed by atoms with Crippen LogP contribution in [0.2, 0.25) is 0 Å². The molecule has 0 aliphatic heterocycles. The van der Waals surface area contributed by atoms with Crippen LogP contribution in [0.4, 0.5) is 5.69 Å². The van der Waals surface area contributed by atoms with E-state index in [0.717, 1.165) is 11.1 Å². The average Bonchev–Trinajstić information content (AvgIpc) is 2.20. The van der Waals surface area contributed by atoms with Gasteiger partial charge in [0.15, 0.2) is 0 Å². The standard InChI is InChI=1S/C12H11NO/c1-9-4-2-6-11-10(9)5-3-7-12(11)13-8-14/h2-8H,1H3,(H,13,14). The number of aryl methyl sites for hydroxylation is 1. The zero-order chi connectivity index (χ0) is 9.97. The lowest BCUT2D eigenvalue weighted by molar-refractivity contribution is -0.105. The average molecular weight is 185 g/mol. The van der Waals surface area contributed by atoms with Crippen LogP contribution in [0.5, 0.6) is 0 Å². The minimum atomic E-state index is 0.705. The van der Waals surface area contributed by atoms with E-state index < -0.39 is 0 Å². The molecule has 0 heterocycles. The second-order valence-corrected chi connectivity index (χ2v) is 3.24. The number of hydrogen-bond donors (Lipinski definition) is 1. The molecule has 70 valence electrons. The van der Waals surface area contributed by atoms with E-state index in [1.54, 1.807) is 0 Å². The summed E-state index contributed by atoms with van der Waals surface area (Å²) in [6, 6.07) is 12.0. The Kier molecular flexibility index (Phi) is 2.19. The van der Waals surface area contributed by atoms with Crippen molar-refractivity contribution in [1.29, 1.82) is 0 Å². The van der Waals surface area contributed by atoms with Crippen LogP contribution in [0.1, 0.15) is 5.56 Å². The lowest BCUT2D eigenvalue weighted by Gasteiger charge is -2.06. The Morgan fingerprint density at radius 3 is 2.57 bits per heavy atom. The Morgan fingerprint density at radius 1 is 1.07 bits per heavy atom. The van der Waals surface area contributed by atoms with Gasteiger partial charge in [-0.25, -0.2) is 0 Å². The fourth-order valence-corrected chi connectivity index (χ4v) is 1.66. The van der Waals surface area contributed by atoms with Gasteiger partial charge in [0.1, 0.15) is 0 Å². The minimum absolute atomic E-state index is 0.705. The fraction of sp³-hybridized carbons (Fsp3) is 0.0833. The molecule has 2 heteroatoms. The molecule has 0 aliphatic carbocycles. The van der Waals surface area contributed by atoms with Gasteiger partial charge in [-0.3, -0.25) is 4.79 Å². The first kappa shape index (κ1) is 8.75. The van der Waals surface area contributed by atoms with E-state index >= 15 is 0 Å². The van der Waals surface area contributed by atoms with Crippen LogP contribution in [0, 0.1) is 6.92 Å². The number of hydrogen-bond acceptors (Lipinski definition) is 1. The van der Waals surface area contributed by atoms with Crippen molar-refractivity contribution >= 4 is 22.9 Å². The first-order chi connectivity index (χ1) is 6.83. The molecule has 0 aromatic heterocycles. The molecule has 0 saturated heterocycles. The van der Waals surface area contributed by atoms with E-state index in [1.807, 2.05) is 24.3 Å². The summed E-state index contributed by atoms with van der Waals surface area (Å²) < 4.78 is 0. The number of benzene rings is 2. The molecular formula is C12H11NO. The topological polar surface area (TPSA) is 29.1 Å². The molecule has 0 radical (unpaired) electrons. The van der Waals surface area contributed by atoms with Crippen LogP contribution in [-0.2, 0) is 4.79 Å². The Labute approximate surface area is 82.6 Å². The second-order valence-electron chi connectivity index (χ2n) is 3.24. The molecule has 0 fully saturated rings. The van der Waals surface area contributed by atoms with Crippen molar-refractivity contribution in [1.82, 2.24) is 0 Å². The first-order valence-electron chi connectivity index (χ1n) is 4.51. The van der Waals surface area contributed by atoms with Gasteiger partial charge in [0, 0.05) is 11.1 Å². The summed E-state index contributed by atoms with van der Waals surface area (Å²) in [4.78, 5) is 10.4. The summed E-state index contributed by atoms with van der Waals surface area (Å²) >= 11 is 0. The van der Waals surface area contributed by atoms with Gasteiger partial charge >= 0.3 is 0 Å². The lowest BCUT2D eigenvalue weighted by atomic mass is 10.0. The van der Waals surface area contributed by atoms with E-state index in [4.69, 9.17) is 0 Å². The molecule has 2 aromatic carbocycles. The molecule has 0 atom stereocenters. The van der Waals surface area contributed by atoms with Crippen molar-refractivity contribution in [3.05, 3.63) is 42.0 Å². The molecule has 1 N–H and O–H groups in total. The van der Waals surface area contributed by atoms with Gasteiger partial charge < -0.3 is 5.32 Å². The molecule has 2 aromatic rings. The maximum atomic E-state index is 10.4. The SMILES string of the molecule is Cc1cccc2c(NC=O)cccc12. The number of fused-ring (bicyclic) bond motifs is 1. The van der Waals surface area contributed by atoms with Crippen LogP contribution in [-0.4, -0.2) is 6.41 Å². The van der Waals surface area contributed by atoms with E-state index in [-0.39, 0.29) is 0 Å². The van der Waals surface area contributed by atoms with Gasteiger partial charge in [-0.15, -0.1) is 0 Å². The number of carbonyl (C=O) groups is 1. The van der Waals surface area contributed by atoms with Crippen LogP contribution < -0.4 is 5.32 Å². The molecule has 0 spiro atoms. The maximum absolute atomic E-state index is 10.4. The third kappa shape index (κ3) is 1.35. The zero-order valence-corrected chi connectivity index (χ0v) is 7.95. The molecule has 2 nitrogen and oxygen atoms in total. The van der Waals surface area contributed by atoms with Crippen molar-refractivity contribution in [2.45, 2.75) is 6.92 Å². The Bertz CT molecular complexity index is 477. The Morgan fingerprint density at radius 2 is 1.79 bits per heavy atom. The summed E-state index contributed by atoms with van der Waals surface area (Å²) in [7, 11) is 0. The predicted molar refractivity (Wildman–Crippen MR) is 58.4 cm³/mol. The van der Waals surface area contributed by atoms with Gasteiger partial charge in [0.2, 0.25) is 6.41 Å². The number of anilines is 1. The van der Waals surface area contributed by atoms with Crippen LogP contribution >= 0.6 is 0 Å². The van der Waals surface area contributed by atoms with E-state index in [0.29, 0.717) is 6.41 Å². The van der Waals surface area contributed by atoms with Crippen molar-refractivity contribution < 1.29 is 4.79 Å². The van der Waals surface area contributed by atoms with Gasteiger partial charge in [0.25, 0.3) is 0 Å². The third-order valence-electron chi connectivity index (χ3n) is 2.35. The van der Waals surface area contributed by atoms with Gasteiger partial charge in [-0.2, -0.15) is 0 Å². The van der Waals surface area contributed by atoms with Crippen molar-refractivity contribution in [3.8, 4) is 0 Å². The highest BCUT2D eigenvalue weighted by molar-refractivity contribution is 5.98. The summed E-state index contributed by atoms with van der Waals surface area (Å²) in [5.41, 5.74) is 2.08.